The summed E-state index contributed by atoms with van der Waals surface area (Å²) in [5.41, 5.74) is 2.36. The van der Waals surface area contributed by atoms with E-state index < -0.39 is 5.91 Å². The molecule has 0 aliphatic heterocycles. The number of nitrogens with zero attached hydrogens (tertiary/aromatic N) is 7. The molecule has 0 saturated carbocycles. The molecule has 4 aromatic rings. The van der Waals surface area contributed by atoms with Crippen molar-refractivity contribution in [1.29, 1.82) is 0 Å². The van der Waals surface area contributed by atoms with Gasteiger partial charge in [0.1, 0.15) is 17.9 Å². The Bertz CT molecular complexity index is 1270. The summed E-state index contributed by atoms with van der Waals surface area (Å²) in [6.07, 6.45) is 0. The lowest BCUT2D eigenvalue weighted by Gasteiger charge is -2.09. The van der Waals surface area contributed by atoms with Crippen LogP contribution in [0.3, 0.4) is 0 Å². The van der Waals surface area contributed by atoms with Gasteiger partial charge in [-0.1, -0.05) is 17.3 Å². The van der Waals surface area contributed by atoms with E-state index in [0.717, 1.165) is 16.1 Å². The molecule has 1 amide bonds. The fourth-order valence-electron chi connectivity index (χ4n) is 2.99. The topological polar surface area (TPSA) is 120 Å². The van der Waals surface area contributed by atoms with Crippen molar-refractivity contribution in [3.05, 3.63) is 63.8 Å². The molecule has 10 nitrogen and oxygen atoms in total. The van der Waals surface area contributed by atoms with E-state index in [1.54, 1.807) is 37.3 Å². The van der Waals surface area contributed by atoms with Crippen LogP contribution in [0.1, 0.15) is 17.1 Å². The molecule has 29 heavy (non-hydrogen) atoms. The zero-order valence-corrected chi connectivity index (χ0v) is 16.1. The largest absolute Gasteiger partial charge is 0.309 e. The van der Waals surface area contributed by atoms with Gasteiger partial charge in [-0.25, -0.2) is 14.6 Å². The number of benzene rings is 1. The predicted octanol–water partition coefficient (Wildman–Crippen LogP) is 1.33. The van der Waals surface area contributed by atoms with Crippen LogP contribution in [0.25, 0.3) is 16.9 Å². The van der Waals surface area contributed by atoms with Gasteiger partial charge in [0.15, 0.2) is 0 Å². The van der Waals surface area contributed by atoms with E-state index in [1.165, 1.54) is 4.68 Å². The summed E-state index contributed by atoms with van der Waals surface area (Å²) >= 11 is 0. The minimum absolute atomic E-state index is 0.283. The van der Waals surface area contributed by atoms with Crippen LogP contribution in [0.15, 0.2) is 41.2 Å². The maximum absolute atomic E-state index is 12.6. The van der Waals surface area contributed by atoms with E-state index in [4.69, 9.17) is 0 Å². The number of rotatable bonds is 4. The van der Waals surface area contributed by atoms with Crippen molar-refractivity contribution in [3.8, 4) is 5.95 Å². The third kappa shape index (κ3) is 3.72. The number of aryl methyl sites for hydroxylation is 3. The van der Waals surface area contributed by atoms with Gasteiger partial charge in [0.2, 0.25) is 5.91 Å². The van der Waals surface area contributed by atoms with E-state index in [0.29, 0.717) is 28.4 Å². The summed E-state index contributed by atoms with van der Waals surface area (Å²) in [6, 6.07) is 10.4. The Labute approximate surface area is 165 Å². The van der Waals surface area contributed by atoms with Gasteiger partial charge in [-0.2, -0.15) is 9.78 Å². The minimum Gasteiger partial charge on any atom is -0.309 e. The molecular weight excluding hydrogens is 372 g/mol. The molecule has 0 unspecified atom stereocenters. The van der Waals surface area contributed by atoms with Crippen molar-refractivity contribution in [2.24, 2.45) is 0 Å². The van der Waals surface area contributed by atoms with Gasteiger partial charge in [-0.15, -0.1) is 5.10 Å². The van der Waals surface area contributed by atoms with Crippen LogP contribution < -0.4 is 10.9 Å². The van der Waals surface area contributed by atoms with Crippen molar-refractivity contribution in [3.63, 3.8) is 0 Å². The fourth-order valence-corrected chi connectivity index (χ4v) is 2.99. The summed E-state index contributed by atoms with van der Waals surface area (Å²) in [6.45, 7) is 5.23. The SMILES string of the molecule is Cc1cc(C)nc(-n2nc(C)cc2NC(=O)Cn2nnc3ccccc3c2=O)n1. The smallest absolute Gasteiger partial charge is 0.278 e. The summed E-state index contributed by atoms with van der Waals surface area (Å²) in [7, 11) is 0. The highest BCUT2D eigenvalue weighted by Crippen LogP contribution is 2.15. The molecule has 0 aliphatic carbocycles. The Morgan fingerprint density at radius 1 is 1.03 bits per heavy atom. The van der Waals surface area contributed by atoms with Crippen LogP contribution in [0.4, 0.5) is 5.82 Å². The third-order valence-corrected chi connectivity index (χ3v) is 4.18. The maximum Gasteiger partial charge on any atom is 0.278 e. The molecule has 146 valence electrons. The lowest BCUT2D eigenvalue weighted by atomic mass is 10.2. The number of hydrogen-bond donors (Lipinski definition) is 1. The second-order valence-corrected chi connectivity index (χ2v) is 6.65. The summed E-state index contributed by atoms with van der Waals surface area (Å²) in [5, 5.41) is 15.3. The van der Waals surface area contributed by atoms with Crippen molar-refractivity contribution >= 4 is 22.6 Å². The first-order valence-electron chi connectivity index (χ1n) is 8.92. The van der Waals surface area contributed by atoms with Crippen LogP contribution in [0.2, 0.25) is 0 Å². The molecule has 0 radical (unpaired) electrons. The van der Waals surface area contributed by atoms with Gasteiger partial charge in [-0.05, 0) is 39.0 Å². The number of anilines is 1. The summed E-state index contributed by atoms with van der Waals surface area (Å²) < 4.78 is 2.49. The number of carbonyl (C=O) groups is 1. The van der Waals surface area contributed by atoms with Crippen molar-refractivity contribution in [2.75, 3.05) is 5.32 Å². The second-order valence-electron chi connectivity index (χ2n) is 6.65. The molecular formula is C19H18N8O2. The zero-order valence-electron chi connectivity index (χ0n) is 16.1. The van der Waals surface area contributed by atoms with Crippen molar-refractivity contribution < 1.29 is 4.79 Å². The van der Waals surface area contributed by atoms with Gasteiger partial charge in [-0.3, -0.25) is 9.59 Å². The average Bonchev–Trinajstić information content (AvgIpc) is 3.03. The fraction of sp³-hybridized carbons (Fsp3) is 0.211. The monoisotopic (exact) mass is 390 g/mol. The number of fused-ring (bicyclic) bond motifs is 1. The molecule has 0 bridgehead atoms. The number of amides is 1. The van der Waals surface area contributed by atoms with Gasteiger partial charge >= 0.3 is 0 Å². The number of nitrogens with one attached hydrogen (secondary N) is 1. The van der Waals surface area contributed by atoms with Crippen LogP contribution in [-0.2, 0) is 11.3 Å². The van der Waals surface area contributed by atoms with Crippen LogP contribution >= 0.6 is 0 Å². The molecule has 0 aliphatic rings. The zero-order chi connectivity index (χ0) is 20.5. The average molecular weight is 390 g/mol. The van der Waals surface area contributed by atoms with Gasteiger partial charge in [0.25, 0.3) is 11.5 Å². The van der Waals surface area contributed by atoms with Crippen LogP contribution in [0.5, 0.6) is 0 Å². The van der Waals surface area contributed by atoms with E-state index in [9.17, 15) is 9.59 Å². The molecule has 4 rings (SSSR count). The van der Waals surface area contributed by atoms with Crippen LogP contribution in [0, 0.1) is 20.8 Å². The van der Waals surface area contributed by atoms with Crippen molar-refractivity contribution in [2.45, 2.75) is 27.3 Å². The first-order chi connectivity index (χ1) is 13.9. The summed E-state index contributed by atoms with van der Waals surface area (Å²) in [5.74, 6) is 0.315. The maximum atomic E-state index is 12.6. The Kier molecular flexibility index (Phi) is 4.59. The van der Waals surface area contributed by atoms with E-state index in [-0.39, 0.29) is 12.1 Å². The van der Waals surface area contributed by atoms with Gasteiger partial charge < -0.3 is 5.32 Å². The molecule has 0 saturated heterocycles. The molecule has 1 N–H and O–H groups in total. The Morgan fingerprint density at radius 2 is 1.76 bits per heavy atom. The molecule has 0 spiro atoms. The van der Waals surface area contributed by atoms with Crippen LogP contribution in [-0.4, -0.2) is 40.6 Å². The number of carbonyl (C=O) groups excluding carboxylic acids is 1. The van der Waals surface area contributed by atoms with Crippen molar-refractivity contribution in [1.82, 2.24) is 34.7 Å². The number of aromatic nitrogens is 7. The third-order valence-electron chi connectivity index (χ3n) is 4.18. The van der Waals surface area contributed by atoms with E-state index in [2.05, 4.69) is 30.7 Å². The molecule has 1 aromatic carbocycles. The first kappa shape index (κ1) is 18.4. The number of hydrogen-bond acceptors (Lipinski definition) is 7. The molecule has 0 atom stereocenters. The predicted molar refractivity (Wildman–Crippen MR) is 106 cm³/mol. The van der Waals surface area contributed by atoms with E-state index in [1.807, 2.05) is 19.9 Å². The molecule has 3 heterocycles. The lowest BCUT2D eigenvalue weighted by Crippen LogP contribution is -2.31. The molecule has 0 fully saturated rings. The summed E-state index contributed by atoms with van der Waals surface area (Å²) in [4.78, 5) is 33.9. The Balaban J connectivity index is 1.61. The highest BCUT2D eigenvalue weighted by molar-refractivity contribution is 5.90. The lowest BCUT2D eigenvalue weighted by molar-refractivity contribution is -0.117. The highest BCUT2D eigenvalue weighted by Gasteiger charge is 2.15. The minimum atomic E-state index is -0.442. The van der Waals surface area contributed by atoms with Gasteiger partial charge in [0, 0.05) is 17.5 Å². The Hall–Kier alpha value is -3.95. The van der Waals surface area contributed by atoms with Gasteiger partial charge in [0.05, 0.1) is 11.1 Å². The highest BCUT2D eigenvalue weighted by atomic mass is 16.2. The molecule has 10 heteroatoms. The normalized spacial score (nSPS) is 11.0. The Morgan fingerprint density at radius 3 is 2.52 bits per heavy atom. The second kappa shape index (κ2) is 7.23. The first-order valence-corrected chi connectivity index (χ1v) is 8.92. The quantitative estimate of drug-likeness (QED) is 0.558. The standard InChI is InChI=1S/C19H18N8O2/c1-11-8-12(2)21-19(20-11)27-16(9-13(3)24-27)22-17(28)10-26-18(29)14-6-4-5-7-15(14)23-25-26/h4-9H,10H2,1-3H3,(H,22,28). The van der Waals surface area contributed by atoms with E-state index >= 15 is 0 Å². The molecule has 3 aromatic heterocycles.